The summed E-state index contributed by atoms with van der Waals surface area (Å²) in [6.07, 6.45) is 7.73. The molecule has 0 aliphatic heterocycles. The van der Waals surface area contributed by atoms with Crippen LogP contribution in [0.4, 0.5) is 0 Å². The molecule has 1 heterocycles. The number of carbonyl (C=O) groups excluding carboxylic acids is 1. The number of aromatic nitrogens is 2. The van der Waals surface area contributed by atoms with Gasteiger partial charge in [0, 0.05) is 31.4 Å². The number of nitrogens with zero attached hydrogens (tertiary/aromatic N) is 2. The Morgan fingerprint density at radius 1 is 1.62 bits per heavy atom. The van der Waals surface area contributed by atoms with E-state index in [-0.39, 0.29) is 18.6 Å². The van der Waals surface area contributed by atoms with E-state index >= 15 is 0 Å². The van der Waals surface area contributed by atoms with Gasteiger partial charge in [0.1, 0.15) is 0 Å². The number of aliphatic hydroxyl groups is 1. The zero-order valence-electron chi connectivity index (χ0n) is 9.59. The lowest BCUT2D eigenvalue weighted by Gasteiger charge is -2.17. The van der Waals surface area contributed by atoms with E-state index in [1.54, 1.807) is 12.5 Å². The normalized spacial score (nSPS) is 12.4. The molecule has 1 unspecified atom stereocenters. The van der Waals surface area contributed by atoms with Crippen LogP contribution in [0.3, 0.4) is 0 Å². The molecule has 1 rings (SSSR count). The molecule has 1 aromatic heterocycles. The first kappa shape index (κ1) is 12.7. The lowest BCUT2D eigenvalue weighted by Crippen LogP contribution is -2.28. The lowest BCUT2D eigenvalue weighted by atomic mass is 10.1. The van der Waals surface area contributed by atoms with Crippen LogP contribution >= 0.6 is 0 Å². The van der Waals surface area contributed by atoms with Gasteiger partial charge in [-0.2, -0.15) is 0 Å². The van der Waals surface area contributed by atoms with Gasteiger partial charge in [0.25, 0.3) is 0 Å². The first-order valence-electron chi connectivity index (χ1n) is 5.63. The average molecular weight is 225 g/mol. The summed E-state index contributed by atoms with van der Waals surface area (Å²) in [5.41, 5.74) is 0. The van der Waals surface area contributed by atoms with Crippen molar-refractivity contribution in [3.8, 4) is 0 Å². The number of carbonyl (C=O) groups is 1. The summed E-state index contributed by atoms with van der Waals surface area (Å²) >= 11 is 0. The van der Waals surface area contributed by atoms with Crippen molar-refractivity contribution < 1.29 is 9.90 Å². The van der Waals surface area contributed by atoms with E-state index in [2.05, 4.69) is 17.2 Å². The fourth-order valence-corrected chi connectivity index (χ4v) is 1.66. The average Bonchev–Trinajstić information content (AvgIpc) is 2.79. The summed E-state index contributed by atoms with van der Waals surface area (Å²) in [6.45, 7) is 2.40. The highest BCUT2D eigenvalue weighted by atomic mass is 16.3. The molecule has 0 radical (unpaired) electrons. The van der Waals surface area contributed by atoms with Crippen molar-refractivity contribution in [1.82, 2.24) is 14.9 Å². The zero-order valence-corrected chi connectivity index (χ0v) is 9.59. The third-order valence-electron chi connectivity index (χ3n) is 2.42. The van der Waals surface area contributed by atoms with E-state index in [0.29, 0.717) is 13.0 Å². The Labute approximate surface area is 95.5 Å². The Morgan fingerprint density at radius 3 is 3.00 bits per heavy atom. The molecule has 0 saturated heterocycles. The molecule has 5 heteroatoms. The Morgan fingerprint density at radius 2 is 2.44 bits per heavy atom. The molecule has 0 aromatic carbocycles. The van der Waals surface area contributed by atoms with Crippen LogP contribution in [0, 0.1) is 0 Å². The van der Waals surface area contributed by atoms with Crippen LogP contribution in [-0.2, 0) is 4.79 Å². The van der Waals surface area contributed by atoms with Crippen molar-refractivity contribution in [2.75, 3.05) is 13.2 Å². The first-order chi connectivity index (χ1) is 7.77. The standard InChI is InChI=1S/C11H19N3O2/c1-2-3-10(14-6-4-12-9-14)8-11(16)13-5-7-15/h4,6,9-10,15H,2-3,5,7-8H2,1H3,(H,13,16). The van der Waals surface area contributed by atoms with Crippen LogP contribution in [0.25, 0.3) is 0 Å². The van der Waals surface area contributed by atoms with E-state index in [0.717, 1.165) is 12.8 Å². The molecule has 0 aliphatic carbocycles. The minimum Gasteiger partial charge on any atom is -0.395 e. The second-order valence-corrected chi connectivity index (χ2v) is 3.73. The Hall–Kier alpha value is -1.36. The molecule has 1 atom stereocenters. The molecule has 5 nitrogen and oxygen atoms in total. The molecule has 0 aliphatic rings. The molecule has 16 heavy (non-hydrogen) atoms. The van der Waals surface area contributed by atoms with Gasteiger partial charge in [0.05, 0.1) is 12.9 Å². The summed E-state index contributed by atoms with van der Waals surface area (Å²) in [7, 11) is 0. The van der Waals surface area contributed by atoms with Gasteiger partial charge < -0.3 is 15.0 Å². The smallest absolute Gasteiger partial charge is 0.222 e. The van der Waals surface area contributed by atoms with Gasteiger partial charge in [-0.3, -0.25) is 4.79 Å². The zero-order chi connectivity index (χ0) is 11.8. The van der Waals surface area contributed by atoms with E-state index in [9.17, 15) is 4.79 Å². The molecule has 1 aromatic rings. The van der Waals surface area contributed by atoms with Crippen LogP contribution in [0.2, 0.25) is 0 Å². The van der Waals surface area contributed by atoms with Crippen molar-refractivity contribution in [2.24, 2.45) is 0 Å². The highest BCUT2D eigenvalue weighted by Crippen LogP contribution is 2.17. The van der Waals surface area contributed by atoms with Crippen LogP contribution in [-0.4, -0.2) is 33.7 Å². The molecule has 0 saturated carbocycles. The van der Waals surface area contributed by atoms with Gasteiger partial charge in [-0.1, -0.05) is 13.3 Å². The molecule has 2 N–H and O–H groups in total. The monoisotopic (exact) mass is 225 g/mol. The van der Waals surface area contributed by atoms with Gasteiger partial charge in [-0.25, -0.2) is 4.98 Å². The number of amides is 1. The molecule has 0 bridgehead atoms. The van der Waals surface area contributed by atoms with Crippen LogP contribution in [0.1, 0.15) is 32.2 Å². The number of hydrogen-bond donors (Lipinski definition) is 2. The van der Waals surface area contributed by atoms with Gasteiger partial charge >= 0.3 is 0 Å². The van der Waals surface area contributed by atoms with Crippen molar-refractivity contribution in [3.63, 3.8) is 0 Å². The minimum absolute atomic E-state index is 0.0186. The number of nitrogens with one attached hydrogen (secondary N) is 1. The van der Waals surface area contributed by atoms with E-state index in [1.165, 1.54) is 0 Å². The summed E-state index contributed by atoms with van der Waals surface area (Å²) in [6, 6.07) is 0.159. The molecule has 1 amide bonds. The molecular weight excluding hydrogens is 206 g/mol. The fourth-order valence-electron chi connectivity index (χ4n) is 1.66. The van der Waals surface area contributed by atoms with Gasteiger partial charge in [0.2, 0.25) is 5.91 Å². The minimum atomic E-state index is -0.0267. The Bertz CT molecular complexity index is 298. The topological polar surface area (TPSA) is 67.2 Å². The summed E-state index contributed by atoms with van der Waals surface area (Å²) in [5, 5.41) is 11.3. The predicted molar refractivity (Wildman–Crippen MR) is 60.9 cm³/mol. The Balaban J connectivity index is 2.48. The number of imidazole rings is 1. The van der Waals surface area contributed by atoms with Gasteiger partial charge in [-0.15, -0.1) is 0 Å². The maximum absolute atomic E-state index is 11.5. The van der Waals surface area contributed by atoms with Crippen LogP contribution in [0.5, 0.6) is 0 Å². The number of rotatable bonds is 7. The van der Waals surface area contributed by atoms with Crippen molar-refractivity contribution in [1.29, 1.82) is 0 Å². The number of aliphatic hydroxyl groups excluding tert-OH is 1. The van der Waals surface area contributed by atoms with E-state index in [4.69, 9.17) is 5.11 Å². The van der Waals surface area contributed by atoms with Crippen molar-refractivity contribution in [3.05, 3.63) is 18.7 Å². The summed E-state index contributed by atoms with van der Waals surface area (Å²) in [4.78, 5) is 15.5. The number of hydrogen-bond acceptors (Lipinski definition) is 3. The largest absolute Gasteiger partial charge is 0.395 e. The van der Waals surface area contributed by atoms with Gasteiger partial charge in [0.15, 0.2) is 0 Å². The maximum Gasteiger partial charge on any atom is 0.222 e. The van der Waals surface area contributed by atoms with E-state index in [1.807, 2.05) is 10.8 Å². The molecular formula is C11H19N3O2. The molecule has 0 fully saturated rings. The Kier molecular flexibility index (Phi) is 5.56. The third kappa shape index (κ3) is 4.02. The summed E-state index contributed by atoms with van der Waals surface area (Å²) < 4.78 is 1.96. The molecule has 90 valence electrons. The highest BCUT2D eigenvalue weighted by Gasteiger charge is 2.13. The lowest BCUT2D eigenvalue weighted by molar-refractivity contribution is -0.122. The van der Waals surface area contributed by atoms with Crippen molar-refractivity contribution >= 4 is 5.91 Å². The predicted octanol–water partition coefficient (Wildman–Crippen LogP) is 0.723. The van der Waals surface area contributed by atoms with Crippen molar-refractivity contribution in [2.45, 2.75) is 32.2 Å². The fraction of sp³-hybridized carbons (Fsp3) is 0.636. The first-order valence-corrected chi connectivity index (χ1v) is 5.63. The van der Waals surface area contributed by atoms with E-state index < -0.39 is 0 Å². The van der Waals surface area contributed by atoms with Crippen LogP contribution < -0.4 is 5.32 Å². The van der Waals surface area contributed by atoms with Gasteiger partial charge in [-0.05, 0) is 6.42 Å². The third-order valence-corrected chi connectivity index (χ3v) is 2.42. The molecule has 0 spiro atoms. The highest BCUT2D eigenvalue weighted by molar-refractivity contribution is 5.76. The summed E-state index contributed by atoms with van der Waals surface area (Å²) in [5.74, 6) is -0.0267. The second kappa shape index (κ2) is 7.00. The SMILES string of the molecule is CCCC(CC(=O)NCCO)n1ccnc1. The van der Waals surface area contributed by atoms with Crippen LogP contribution in [0.15, 0.2) is 18.7 Å². The second-order valence-electron chi connectivity index (χ2n) is 3.73. The quantitative estimate of drug-likeness (QED) is 0.718. The maximum atomic E-state index is 11.5.